The van der Waals surface area contributed by atoms with Gasteiger partial charge in [-0.25, -0.2) is 9.37 Å². The zero-order valence-corrected chi connectivity index (χ0v) is 15.3. The van der Waals surface area contributed by atoms with Gasteiger partial charge < -0.3 is 10.6 Å². The fraction of sp³-hybridized carbons (Fsp3) is 0.250. The van der Waals surface area contributed by atoms with Crippen LogP contribution in [0.25, 0.3) is 11.4 Å². The lowest BCUT2D eigenvalue weighted by atomic mass is 10.1. The number of pyridine rings is 1. The van der Waals surface area contributed by atoms with Crippen LogP contribution in [-0.4, -0.2) is 20.5 Å². The van der Waals surface area contributed by atoms with E-state index in [2.05, 4.69) is 25.6 Å². The Morgan fingerprint density at radius 2 is 1.77 bits per heavy atom. The number of rotatable bonds is 4. The molecule has 1 aromatic carbocycles. The highest BCUT2D eigenvalue weighted by molar-refractivity contribution is 5.65. The summed E-state index contributed by atoms with van der Waals surface area (Å²) < 4.78 is 13.5. The van der Waals surface area contributed by atoms with Gasteiger partial charge in [0.25, 0.3) is 0 Å². The van der Waals surface area contributed by atoms with Gasteiger partial charge >= 0.3 is 0 Å². The lowest BCUT2D eigenvalue weighted by molar-refractivity contribution is 0.618. The Morgan fingerprint density at radius 3 is 2.42 bits per heavy atom. The smallest absolute Gasteiger partial charge is 0.225 e. The van der Waals surface area contributed by atoms with Crippen LogP contribution in [0.15, 0.2) is 48.7 Å². The minimum Gasteiger partial charge on any atom is -0.350 e. The summed E-state index contributed by atoms with van der Waals surface area (Å²) in [4.78, 5) is 13.5. The lowest BCUT2D eigenvalue weighted by Crippen LogP contribution is -2.27. The molecule has 2 heterocycles. The molecule has 6 heteroatoms. The van der Waals surface area contributed by atoms with Gasteiger partial charge in [0.15, 0.2) is 0 Å². The molecule has 5 nitrogen and oxygen atoms in total. The van der Waals surface area contributed by atoms with Gasteiger partial charge in [0.2, 0.25) is 5.95 Å². The van der Waals surface area contributed by atoms with Gasteiger partial charge in [-0.3, -0.25) is 4.98 Å². The topological polar surface area (TPSA) is 62.7 Å². The molecule has 0 aliphatic rings. The van der Waals surface area contributed by atoms with Crippen LogP contribution in [0.5, 0.6) is 0 Å². The Labute approximate surface area is 152 Å². The van der Waals surface area contributed by atoms with Crippen molar-refractivity contribution in [3.63, 3.8) is 0 Å². The molecule has 2 aromatic heterocycles. The van der Waals surface area contributed by atoms with E-state index >= 15 is 0 Å². The third-order valence-electron chi connectivity index (χ3n) is 3.57. The van der Waals surface area contributed by atoms with Gasteiger partial charge in [0.1, 0.15) is 11.6 Å². The minimum atomic E-state index is -0.234. The summed E-state index contributed by atoms with van der Waals surface area (Å²) in [5.74, 6) is 0.878. The number of hydrogen-bond donors (Lipinski definition) is 2. The van der Waals surface area contributed by atoms with Crippen molar-refractivity contribution in [1.29, 1.82) is 0 Å². The molecule has 0 unspecified atom stereocenters. The van der Waals surface area contributed by atoms with Crippen molar-refractivity contribution in [2.45, 2.75) is 33.2 Å². The lowest BCUT2D eigenvalue weighted by Gasteiger charge is -2.21. The van der Waals surface area contributed by atoms with E-state index in [0.717, 1.165) is 11.4 Å². The van der Waals surface area contributed by atoms with Gasteiger partial charge in [-0.05, 0) is 63.6 Å². The molecule has 3 rings (SSSR count). The maximum absolute atomic E-state index is 13.5. The number of aryl methyl sites for hydroxylation is 1. The second-order valence-electron chi connectivity index (χ2n) is 7.14. The zero-order chi connectivity index (χ0) is 18.7. The molecule has 3 aromatic rings. The molecule has 0 saturated carbocycles. The zero-order valence-electron chi connectivity index (χ0n) is 15.3. The van der Waals surface area contributed by atoms with E-state index in [4.69, 9.17) is 0 Å². The summed E-state index contributed by atoms with van der Waals surface area (Å²) >= 11 is 0. The van der Waals surface area contributed by atoms with E-state index in [9.17, 15) is 4.39 Å². The van der Waals surface area contributed by atoms with E-state index in [-0.39, 0.29) is 11.4 Å². The SMILES string of the molecule is Cc1cc(Nc2cc(-c3ccccn3)nc(NC(C)(C)C)n2)ccc1F. The predicted molar refractivity (Wildman–Crippen MR) is 103 cm³/mol. The fourth-order valence-corrected chi connectivity index (χ4v) is 2.42. The molecule has 0 atom stereocenters. The van der Waals surface area contributed by atoms with Crippen LogP contribution < -0.4 is 10.6 Å². The van der Waals surface area contributed by atoms with Crippen molar-refractivity contribution in [3.05, 3.63) is 60.0 Å². The second kappa shape index (κ2) is 7.07. The van der Waals surface area contributed by atoms with Crippen molar-refractivity contribution in [3.8, 4) is 11.4 Å². The Kier molecular flexibility index (Phi) is 4.84. The monoisotopic (exact) mass is 351 g/mol. The van der Waals surface area contributed by atoms with E-state index in [1.54, 1.807) is 25.3 Å². The quantitative estimate of drug-likeness (QED) is 0.697. The standard InChI is InChI=1S/C20H22FN5/c1-13-11-14(8-9-15(13)21)23-18-12-17(16-7-5-6-10-22-16)24-19(25-18)26-20(2,3)4/h5-12H,1-4H3,(H2,23,24,25,26). The third-order valence-corrected chi connectivity index (χ3v) is 3.57. The van der Waals surface area contributed by atoms with Crippen LogP contribution >= 0.6 is 0 Å². The van der Waals surface area contributed by atoms with E-state index in [1.807, 2.05) is 45.0 Å². The van der Waals surface area contributed by atoms with Crippen LogP contribution in [0.4, 0.5) is 21.8 Å². The minimum absolute atomic E-state index is 0.188. The van der Waals surface area contributed by atoms with Gasteiger partial charge in [0.05, 0.1) is 11.4 Å². The highest BCUT2D eigenvalue weighted by Crippen LogP contribution is 2.24. The molecular formula is C20H22FN5. The summed E-state index contributed by atoms with van der Waals surface area (Å²) in [6.45, 7) is 7.85. The molecule has 0 radical (unpaired) electrons. The number of aromatic nitrogens is 3. The first-order chi connectivity index (χ1) is 12.3. The molecule has 0 fully saturated rings. The third kappa shape index (κ3) is 4.53. The Hall–Kier alpha value is -3.02. The molecule has 0 aliphatic heterocycles. The van der Waals surface area contributed by atoms with E-state index < -0.39 is 0 Å². The molecule has 0 spiro atoms. The van der Waals surface area contributed by atoms with Crippen LogP contribution in [0.3, 0.4) is 0 Å². The summed E-state index contributed by atoms with van der Waals surface area (Å²) in [5.41, 5.74) is 2.60. The van der Waals surface area contributed by atoms with Gasteiger partial charge in [0, 0.05) is 23.5 Å². The number of anilines is 3. The van der Waals surface area contributed by atoms with E-state index in [1.165, 1.54) is 6.07 Å². The molecule has 0 bridgehead atoms. The Morgan fingerprint density at radius 1 is 0.962 bits per heavy atom. The molecular weight excluding hydrogens is 329 g/mol. The van der Waals surface area contributed by atoms with Crippen LogP contribution in [-0.2, 0) is 0 Å². The van der Waals surface area contributed by atoms with Crippen molar-refractivity contribution < 1.29 is 4.39 Å². The average Bonchev–Trinajstić information content (AvgIpc) is 2.57. The molecule has 26 heavy (non-hydrogen) atoms. The van der Waals surface area contributed by atoms with Crippen LogP contribution in [0, 0.1) is 12.7 Å². The fourth-order valence-electron chi connectivity index (χ4n) is 2.42. The van der Waals surface area contributed by atoms with E-state index in [0.29, 0.717) is 23.0 Å². The van der Waals surface area contributed by atoms with Crippen molar-refractivity contribution in [2.75, 3.05) is 10.6 Å². The number of nitrogens with zero attached hydrogens (tertiary/aromatic N) is 3. The normalized spacial score (nSPS) is 11.3. The van der Waals surface area contributed by atoms with Crippen molar-refractivity contribution in [1.82, 2.24) is 15.0 Å². The Balaban J connectivity index is 2.00. The molecule has 0 saturated heterocycles. The largest absolute Gasteiger partial charge is 0.350 e. The first kappa shape index (κ1) is 17.8. The first-order valence-corrected chi connectivity index (χ1v) is 8.42. The molecule has 0 amide bonds. The number of benzene rings is 1. The van der Waals surface area contributed by atoms with Crippen LogP contribution in [0.2, 0.25) is 0 Å². The summed E-state index contributed by atoms with van der Waals surface area (Å²) in [5, 5.41) is 6.51. The molecule has 134 valence electrons. The summed E-state index contributed by atoms with van der Waals surface area (Å²) in [6.07, 6.45) is 1.73. The van der Waals surface area contributed by atoms with Gasteiger partial charge in [-0.1, -0.05) is 6.07 Å². The summed E-state index contributed by atoms with van der Waals surface area (Å²) in [6, 6.07) is 12.4. The van der Waals surface area contributed by atoms with Gasteiger partial charge in [-0.2, -0.15) is 4.98 Å². The van der Waals surface area contributed by atoms with Gasteiger partial charge in [-0.15, -0.1) is 0 Å². The second-order valence-corrected chi connectivity index (χ2v) is 7.14. The maximum atomic E-state index is 13.5. The average molecular weight is 351 g/mol. The highest BCUT2D eigenvalue weighted by atomic mass is 19.1. The predicted octanol–water partition coefficient (Wildman–Crippen LogP) is 4.94. The molecule has 0 aliphatic carbocycles. The van der Waals surface area contributed by atoms with Crippen molar-refractivity contribution >= 4 is 17.5 Å². The highest BCUT2D eigenvalue weighted by Gasteiger charge is 2.14. The molecule has 2 N–H and O–H groups in total. The van der Waals surface area contributed by atoms with Crippen molar-refractivity contribution in [2.24, 2.45) is 0 Å². The number of hydrogen-bond acceptors (Lipinski definition) is 5. The first-order valence-electron chi connectivity index (χ1n) is 8.42. The van der Waals surface area contributed by atoms with Crippen LogP contribution in [0.1, 0.15) is 26.3 Å². The number of halogens is 1. The summed E-state index contributed by atoms with van der Waals surface area (Å²) in [7, 11) is 0. The maximum Gasteiger partial charge on any atom is 0.225 e. The number of nitrogens with one attached hydrogen (secondary N) is 2. The Bertz CT molecular complexity index is 904.